The molecule has 0 saturated carbocycles. The van der Waals surface area contributed by atoms with Crippen LogP contribution in [0.5, 0.6) is 5.75 Å². The molecule has 3 rings (SSSR count). The van der Waals surface area contributed by atoms with Gasteiger partial charge in [-0.15, -0.1) is 0 Å². The van der Waals surface area contributed by atoms with E-state index < -0.39 is 0 Å². The van der Waals surface area contributed by atoms with Gasteiger partial charge < -0.3 is 19.1 Å². The maximum atomic E-state index is 12.3. The van der Waals surface area contributed by atoms with E-state index in [1.807, 2.05) is 54.6 Å². The van der Waals surface area contributed by atoms with E-state index in [0.717, 1.165) is 16.9 Å². The van der Waals surface area contributed by atoms with Crippen LogP contribution in [-0.4, -0.2) is 43.1 Å². The van der Waals surface area contributed by atoms with Crippen LogP contribution in [0.15, 0.2) is 54.6 Å². The molecule has 0 aromatic heterocycles. The van der Waals surface area contributed by atoms with Gasteiger partial charge in [0.25, 0.3) is 0 Å². The minimum absolute atomic E-state index is 0.0651. The molecule has 0 aliphatic carbocycles. The van der Waals surface area contributed by atoms with Crippen molar-refractivity contribution in [2.75, 3.05) is 20.3 Å². The van der Waals surface area contributed by atoms with E-state index in [0.29, 0.717) is 19.6 Å². The normalized spacial score (nSPS) is 16.7. The largest absolute Gasteiger partial charge is 0.497 e. The highest BCUT2D eigenvalue weighted by atomic mass is 16.5. The topological polar surface area (TPSA) is 65.1 Å². The van der Waals surface area contributed by atoms with Gasteiger partial charge in [0.15, 0.2) is 0 Å². The van der Waals surface area contributed by atoms with E-state index in [1.165, 1.54) is 0 Å². The average molecular weight is 383 g/mol. The summed E-state index contributed by atoms with van der Waals surface area (Å²) in [6, 6.07) is 17.0. The zero-order valence-electron chi connectivity index (χ0n) is 16.0. The van der Waals surface area contributed by atoms with Crippen molar-refractivity contribution in [1.82, 2.24) is 4.90 Å². The smallest absolute Gasteiger partial charge is 0.306 e. The van der Waals surface area contributed by atoms with Gasteiger partial charge in [-0.1, -0.05) is 42.5 Å². The summed E-state index contributed by atoms with van der Waals surface area (Å²) in [5, 5.41) is 0. The molecule has 0 spiro atoms. The first kappa shape index (κ1) is 19.9. The predicted octanol–water partition coefficient (Wildman–Crippen LogP) is 2.95. The van der Waals surface area contributed by atoms with Crippen LogP contribution in [-0.2, 0) is 32.2 Å². The Morgan fingerprint density at radius 2 is 1.86 bits per heavy atom. The molecule has 148 valence electrons. The quantitative estimate of drug-likeness (QED) is 0.656. The number of benzene rings is 2. The molecule has 1 aliphatic rings. The number of esters is 1. The molecule has 1 atom stereocenters. The molecular formula is C22H25NO5. The Morgan fingerprint density at radius 1 is 1.11 bits per heavy atom. The van der Waals surface area contributed by atoms with Gasteiger partial charge in [-0.25, -0.2) is 0 Å². The van der Waals surface area contributed by atoms with Crippen LogP contribution in [0.4, 0.5) is 0 Å². The van der Waals surface area contributed by atoms with E-state index in [4.69, 9.17) is 14.2 Å². The first-order chi connectivity index (χ1) is 13.7. The van der Waals surface area contributed by atoms with E-state index in [-0.39, 0.29) is 37.6 Å². The summed E-state index contributed by atoms with van der Waals surface area (Å²) in [6.45, 7) is 1.24. The lowest BCUT2D eigenvalue weighted by atomic mass is 10.1. The summed E-state index contributed by atoms with van der Waals surface area (Å²) < 4.78 is 15.9. The molecule has 1 aliphatic heterocycles. The molecule has 0 N–H and O–H groups in total. The van der Waals surface area contributed by atoms with Gasteiger partial charge in [-0.05, 0) is 29.7 Å². The number of ether oxygens (including phenoxy) is 3. The predicted molar refractivity (Wildman–Crippen MR) is 104 cm³/mol. The van der Waals surface area contributed by atoms with Crippen molar-refractivity contribution in [2.24, 2.45) is 0 Å². The number of carbonyl (C=O) groups excluding carboxylic acids is 2. The third-order valence-electron chi connectivity index (χ3n) is 4.73. The maximum absolute atomic E-state index is 12.3. The number of morpholine rings is 1. The van der Waals surface area contributed by atoms with Gasteiger partial charge >= 0.3 is 5.97 Å². The zero-order chi connectivity index (χ0) is 19.8. The molecule has 2 aromatic rings. The highest BCUT2D eigenvalue weighted by Crippen LogP contribution is 2.19. The van der Waals surface area contributed by atoms with Crippen molar-refractivity contribution in [2.45, 2.75) is 32.0 Å². The summed E-state index contributed by atoms with van der Waals surface area (Å²) in [5.74, 6) is 0.436. The molecule has 0 bridgehead atoms. The Morgan fingerprint density at radius 3 is 2.57 bits per heavy atom. The zero-order valence-corrected chi connectivity index (χ0v) is 16.0. The Hall–Kier alpha value is -2.86. The Kier molecular flexibility index (Phi) is 7.03. The second-order valence-electron chi connectivity index (χ2n) is 6.72. The van der Waals surface area contributed by atoms with Gasteiger partial charge in [0.2, 0.25) is 5.91 Å². The van der Waals surface area contributed by atoms with Gasteiger partial charge in [-0.3, -0.25) is 9.59 Å². The SMILES string of the molecule is COc1ccc(CN2C(=O)COCC2CCC(=O)OCc2ccccc2)cc1. The molecule has 28 heavy (non-hydrogen) atoms. The fourth-order valence-corrected chi connectivity index (χ4v) is 3.14. The monoisotopic (exact) mass is 383 g/mol. The van der Waals surface area contributed by atoms with Crippen molar-refractivity contribution < 1.29 is 23.8 Å². The van der Waals surface area contributed by atoms with Gasteiger partial charge in [0.1, 0.15) is 19.0 Å². The Balaban J connectivity index is 1.52. The van der Waals surface area contributed by atoms with Crippen LogP contribution >= 0.6 is 0 Å². The number of carbonyl (C=O) groups is 2. The van der Waals surface area contributed by atoms with Crippen LogP contribution in [0.2, 0.25) is 0 Å². The third kappa shape index (κ3) is 5.57. The van der Waals surface area contributed by atoms with Crippen LogP contribution in [0, 0.1) is 0 Å². The summed E-state index contributed by atoms with van der Waals surface area (Å²) >= 11 is 0. The lowest BCUT2D eigenvalue weighted by Crippen LogP contribution is -2.49. The van der Waals surface area contributed by atoms with Crippen LogP contribution in [0.25, 0.3) is 0 Å². The van der Waals surface area contributed by atoms with Crippen molar-refractivity contribution in [1.29, 1.82) is 0 Å². The lowest BCUT2D eigenvalue weighted by Gasteiger charge is -2.35. The van der Waals surface area contributed by atoms with Crippen LogP contribution < -0.4 is 4.74 Å². The van der Waals surface area contributed by atoms with Crippen molar-refractivity contribution in [3.8, 4) is 5.75 Å². The summed E-state index contributed by atoms with van der Waals surface area (Å²) in [5.41, 5.74) is 1.96. The second kappa shape index (κ2) is 9.90. The molecule has 6 heteroatoms. The molecule has 1 heterocycles. The van der Waals surface area contributed by atoms with Crippen molar-refractivity contribution >= 4 is 11.9 Å². The van der Waals surface area contributed by atoms with E-state index in [9.17, 15) is 9.59 Å². The van der Waals surface area contributed by atoms with Gasteiger partial charge in [0, 0.05) is 13.0 Å². The molecule has 0 radical (unpaired) electrons. The van der Waals surface area contributed by atoms with E-state index in [1.54, 1.807) is 12.0 Å². The van der Waals surface area contributed by atoms with Crippen LogP contribution in [0.3, 0.4) is 0 Å². The van der Waals surface area contributed by atoms with Gasteiger partial charge in [0.05, 0.1) is 19.8 Å². The molecular weight excluding hydrogens is 358 g/mol. The molecule has 6 nitrogen and oxygen atoms in total. The summed E-state index contributed by atoms with van der Waals surface area (Å²) in [6.07, 6.45) is 0.753. The standard InChI is InChI=1S/C22H25NO5/c1-26-20-10-7-17(8-11-20)13-23-19(15-27-16-21(23)24)9-12-22(25)28-14-18-5-3-2-4-6-18/h2-8,10-11,19H,9,12-16H2,1H3. The van der Waals surface area contributed by atoms with Gasteiger partial charge in [-0.2, -0.15) is 0 Å². The highest BCUT2D eigenvalue weighted by Gasteiger charge is 2.29. The highest BCUT2D eigenvalue weighted by molar-refractivity contribution is 5.78. The van der Waals surface area contributed by atoms with E-state index >= 15 is 0 Å². The lowest BCUT2D eigenvalue weighted by molar-refractivity contribution is -0.152. The number of hydrogen-bond acceptors (Lipinski definition) is 5. The first-order valence-electron chi connectivity index (χ1n) is 9.35. The number of methoxy groups -OCH3 is 1. The molecule has 1 fully saturated rings. The summed E-state index contributed by atoms with van der Waals surface area (Å²) in [7, 11) is 1.62. The number of amides is 1. The molecule has 1 saturated heterocycles. The third-order valence-corrected chi connectivity index (χ3v) is 4.73. The average Bonchev–Trinajstić information content (AvgIpc) is 2.74. The number of rotatable bonds is 8. The molecule has 2 aromatic carbocycles. The van der Waals surface area contributed by atoms with Crippen LogP contribution in [0.1, 0.15) is 24.0 Å². The minimum atomic E-state index is -0.272. The maximum Gasteiger partial charge on any atom is 0.306 e. The first-order valence-corrected chi connectivity index (χ1v) is 9.35. The fourth-order valence-electron chi connectivity index (χ4n) is 3.14. The number of hydrogen-bond donors (Lipinski definition) is 0. The Bertz CT molecular complexity index is 775. The summed E-state index contributed by atoms with van der Waals surface area (Å²) in [4.78, 5) is 26.2. The number of nitrogens with zero attached hydrogens (tertiary/aromatic N) is 1. The Labute approximate surface area is 165 Å². The molecule has 1 unspecified atom stereocenters. The fraction of sp³-hybridized carbons (Fsp3) is 0.364. The van der Waals surface area contributed by atoms with Crippen molar-refractivity contribution in [3.05, 3.63) is 65.7 Å². The second-order valence-corrected chi connectivity index (χ2v) is 6.72. The van der Waals surface area contributed by atoms with E-state index in [2.05, 4.69) is 0 Å². The van der Waals surface area contributed by atoms with Crippen molar-refractivity contribution in [3.63, 3.8) is 0 Å². The minimum Gasteiger partial charge on any atom is -0.497 e. The molecule has 1 amide bonds.